The molecule has 2 aromatic carbocycles. The second-order valence-corrected chi connectivity index (χ2v) is 8.38. The molecule has 1 saturated heterocycles. The number of nitrogens with zero attached hydrogens (tertiary/aromatic N) is 2. The number of benzene rings is 2. The molecule has 4 rings (SSSR count). The third-order valence-corrected chi connectivity index (χ3v) is 6.04. The average Bonchev–Trinajstić information content (AvgIpc) is 2.97. The molecule has 2 aliphatic heterocycles. The van der Waals surface area contributed by atoms with Crippen molar-refractivity contribution in [2.24, 2.45) is 0 Å². The van der Waals surface area contributed by atoms with E-state index >= 15 is 0 Å². The molecule has 0 unspecified atom stereocenters. The van der Waals surface area contributed by atoms with Crippen molar-refractivity contribution in [3.8, 4) is 5.75 Å². The molecule has 0 N–H and O–H groups in total. The smallest absolute Gasteiger partial charge is 0.127 e. The zero-order chi connectivity index (χ0) is 18.5. The lowest BCUT2D eigenvalue weighted by atomic mass is 9.92. The van der Waals surface area contributed by atoms with E-state index in [-0.39, 0.29) is 5.60 Å². The summed E-state index contributed by atoms with van der Waals surface area (Å²) in [7, 11) is 0. The number of hydrogen-bond donors (Lipinski definition) is 0. The molecule has 2 aliphatic rings. The topological polar surface area (TPSA) is 15.7 Å². The van der Waals surface area contributed by atoms with Crippen LogP contribution in [0.1, 0.15) is 36.1 Å². The second kappa shape index (κ2) is 6.22. The van der Waals surface area contributed by atoms with Crippen LogP contribution in [0, 0.1) is 20.8 Å². The maximum absolute atomic E-state index is 6.28. The molecule has 2 aromatic rings. The van der Waals surface area contributed by atoms with E-state index in [2.05, 4.69) is 74.8 Å². The molecule has 0 amide bonds. The monoisotopic (exact) mass is 350 g/mol. The number of hydrogen-bond acceptors (Lipinski definition) is 3. The highest BCUT2D eigenvalue weighted by Gasteiger charge is 2.35. The Kier molecular flexibility index (Phi) is 4.13. The van der Waals surface area contributed by atoms with Gasteiger partial charge in [-0.1, -0.05) is 18.2 Å². The van der Waals surface area contributed by atoms with Crippen LogP contribution < -0.4 is 14.5 Å². The Morgan fingerprint density at radius 1 is 0.808 bits per heavy atom. The first-order valence-electron chi connectivity index (χ1n) is 9.74. The molecule has 0 bridgehead atoms. The predicted octanol–water partition coefficient (Wildman–Crippen LogP) is 4.65. The van der Waals surface area contributed by atoms with Crippen LogP contribution in [-0.4, -0.2) is 31.8 Å². The predicted molar refractivity (Wildman–Crippen MR) is 110 cm³/mol. The van der Waals surface area contributed by atoms with E-state index in [4.69, 9.17) is 4.74 Å². The Hall–Kier alpha value is -2.16. The third-order valence-electron chi connectivity index (χ3n) is 6.04. The second-order valence-electron chi connectivity index (χ2n) is 8.38. The summed E-state index contributed by atoms with van der Waals surface area (Å²) >= 11 is 0. The molecule has 0 saturated carbocycles. The first-order valence-corrected chi connectivity index (χ1v) is 9.74. The molecular weight excluding hydrogens is 320 g/mol. The number of fused-ring (bicyclic) bond motifs is 1. The van der Waals surface area contributed by atoms with E-state index in [1.807, 2.05) is 0 Å². The third kappa shape index (κ3) is 2.84. The highest BCUT2D eigenvalue weighted by molar-refractivity contribution is 5.70. The van der Waals surface area contributed by atoms with Gasteiger partial charge in [0, 0.05) is 49.5 Å². The molecular formula is C23H30N2O. The fourth-order valence-corrected chi connectivity index (χ4v) is 4.56. The maximum atomic E-state index is 6.28. The molecule has 138 valence electrons. The summed E-state index contributed by atoms with van der Waals surface area (Å²) in [6.07, 6.45) is 1.01. The summed E-state index contributed by atoms with van der Waals surface area (Å²) in [5.41, 5.74) is 8.22. The van der Waals surface area contributed by atoms with Crippen LogP contribution in [0.5, 0.6) is 5.75 Å². The van der Waals surface area contributed by atoms with Gasteiger partial charge in [-0.05, 0) is 63.4 Å². The van der Waals surface area contributed by atoms with Crippen molar-refractivity contribution in [1.29, 1.82) is 0 Å². The van der Waals surface area contributed by atoms with E-state index in [9.17, 15) is 0 Å². The Bertz CT molecular complexity index is 818. The number of para-hydroxylation sites is 1. The fraction of sp³-hybridized carbons (Fsp3) is 0.478. The molecule has 0 spiro atoms. The average molecular weight is 351 g/mol. The van der Waals surface area contributed by atoms with Crippen LogP contribution in [0.3, 0.4) is 0 Å². The lowest BCUT2D eigenvalue weighted by Gasteiger charge is -2.39. The van der Waals surface area contributed by atoms with Gasteiger partial charge in [0.25, 0.3) is 0 Å². The number of anilines is 2. The summed E-state index contributed by atoms with van der Waals surface area (Å²) in [5, 5.41) is 0. The zero-order valence-corrected chi connectivity index (χ0v) is 16.7. The van der Waals surface area contributed by atoms with Crippen molar-refractivity contribution in [3.63, 3.8) is 0 Å². The Labute approximate surface area is 157 Å². The van der Waals surface area contributed by atoms with Gasteiger partial charge in [0.05, 0.1) is 0 Å². The zero-order valence-electron chi connectivity index (χ0n) is 16.7. The number of rotatable bonds is 2. The van der Waals surface area contributed by atoms with Gasteiger partial charge in [-0.25, -0.2) is 0 Å². The molecule has 0 atom stereocenters. The molecule has 2 heterocycles. The van der Waals surface area contributed by atoms with Crippen LogP contribution in [0.15, 0.2) is 30.3 Å². The minimum atomic E-state index is -0.0884. The van der Waals surface area contributed by atoms with E-state index in [0.717, 1.165) is 38.3 Å². The largest absolute Gasteiger partial charge is 0.487 e. The van der Waals surface area contributed by atoms with Crippen molar-refractivity contribution in [2.45, 2.75) is 46.6 Å². The first-order chi connectivity index (χ1) is 12.4. The minimum absolute atomic E-state index is 0.0884. The first kappa shape index (κ1) is 17.3. The van der Waals surface area contributed by atoms with Crippen LogP contribution in [0.25, 0.3) is 0 Å². The van der Waals surface area contributed by atoms with Crippen LogP contribution in [0.2, 0.25) is 0 Å². The fourth-order valence-electron chi connectivity index (χ4n) is 4.56. The van der Waals surface area contributed by atoms with E-state index < -0.39 is 0 Å². The van der Waals surface area contributed by atoms with E-state index in [1.54, 1.807) is 0 Å². The van der Waals surface area contributed by atoms with Gasteiger partial charge >= 0.3 is 0 Å². The summed E-state index contributed by atoms with van der Waals surface area (Å²) in [6, 6.07) is 10.8. The lowest BCUT2D eigenvalue weighted by molar-refractivity contribution is 0.137. The van der Waals surface area contributed by atoms with Crippen molar-refractivity contribution in [2.75, 3.05) is 36.0 Å². The molecule has 3 nitrogen and oxygen atoms in total. The van der Waals surface area contributed by atoms with Gasteiger partial charge in [-0.3, -0.25) is 0 Å². The maximum Gasteiger partial charge on any atom is 0.127 e. The SMILES string of the molecule is Cc1c(C)c(N2CCN(c3ccccc3)CC2)c(C)c2c1OC(C)(C)C2. The Balaban J connectivity index is 1.61. The summed E-state index contributed by atoms with van der Waals surface area (Å²) in [6.45, 7) is 15.4. The molecule has 0 aromatic heterocycles. The highest BCUT2D eigenvalue weighted by Crippen LogP contribution is 2.45. The summed E-state index contributed by atoms with van der Waals surface area (Å²) in [5.74, 6) is 1.14. The number of piperazine rings is 1. The summed E-state index contributed by atoms with van der Waals surface area (Å²) in [4.78, 5) is 5.08. The normalized spacial score (nSPS) is 18.7. The standard InChI is InChI=1S/C23H30N2O/c1-16-17(2)22-20(15-23(4,5)26-22)18(3)21(16)25-13-11-24(12-14-25)19-9-7-6-8-10-19/h6-10H,11-15H2,1-5H3. The highest BCUT2D eigenvalue weighted by atomic mass is 16.5. The van der Waals surface area contributed by atoms with Gasteiger partial charge in [0.2, 0.25) is 0 Å². The van der Waals surface area contributed by atoms with E-state index in [1.165, 1.54) is 33.6 Å². The van der Waals surface area contributed by atoms with Gasteiger partial charge in [-0.15, -0.1) is 0 Å². The van der Waals surface area contributed by atoms with Crippen LogP contribution in [-0.2, 0) is 6.42 Å². The molecule has 3 heteroatoms. The van der Waals surface area contributed by atoms with Crippen molar-refractivity contribution in [3.05, 3.63) is 52.6 Å². The molecule has 1 fully saturated rings. The van der Waals surface area contributed by atoms with Crippen LogP contribution in [0.4, 0.5) is 11.4 Å². The Morgan fingerprint density at radius 3 is 2.08 bits per heavy atom. The number of ether oxygens (including phenoxy) is 1. The van der Waals surface area contributed by atoms with Gasteiger partial charge in [-0.2, -0.15) is 0 Å². The Morgan fingerprint density at radius 2 is 1.42 bits per heavy atom. The molecule has 0 radical (unpaired) electrons. The van der Waals surface area contributed by atoms with Crippen LogP contribution >= 0.6 is 0 Å². The quantitative estimate of drug-likeness (QED) is 0.784. The van der Waals surface area contributed by atoms with Crippen molar-refractivity contribution >= 4 is 11.4 Å². The molecule has 26 heavy (non-hydrogen) atoms. The lowest BCUT2D eigenvalue weighted by Crippen LogP contribution is -2.47. The van der Waals surface area contributed by atoms with Crippen molar-refractivity contribution in [1.82, 2.24) is 0 Å². The van der Waals surface area contributed by atoms with Gasteiger partial charge in [0.15, 0.2) is 0 Å². The minimum Gasteiger partial charge on any atom is -0.487 e. The molecule has 0 aliphatic carbocycles. The summed E-state index contributed by atoms with van der Waals surface area (Å²) < 4.78 is 6.28. The van der Waals surface area contributed by atoms with Crippen molar-refractivity contribution < 1.29 is 4.74 Å². The van der Waals surface area contributed by atoms with E-state index in [0.29, 0.717) is 0 Å². The van der Waals surface area contributed by atoms with Gasteiger partial charge in [0.1, 0.15) is 11.4 Å². The van der Waals surface area contributed by atoms with Gasteiger partial charge < -0.3 is 14.5 Å².